The summed E-state index contributed by atoms with van der Waals surface area (Å²) in [5, 5.41) is 20.2. The average molecular weight is 665 g/mol. The Kier molecular flexibility index (Phi) is 9.53. The summed E-state index contributed by atoms with van der Waals surface area (Å²) in [6, 6.07) is 4.83. The van der Waals surface area contributed by atoms with Crippen molar-refractivity contribution in [1.82, 2.24) is 14.7 Å². The predicted octanol–water partition coefficient (Wildman–Crippen LogP) is 4.57. The van der Waals surface area contributed by atoms with Crippen molar-refractivity contribution in [2.24, 2.45) is 11.3 Å². The van der Waals surface area contributed by atoms with Crippen LogP contribution in [0.2, 0.25) is 18.1 Å². The van der Waals surface area contributed by atoms with E-state index in [2.05, 4.69) is 40.8 Å². The molecule has 0 bridgehead atoms. The van der Waals surface area contributed by atoms with Crippen molar-refractivity contribution < 1.29 is 33.9 Å². The summed E-state index contributed by atoms with van der Waals surface area (Å²) in [6.45, 7) is 13.1. The number of ether oxygens (including phenoxy) is 1. The van der Waals surface area contributed by atoms with Gasteiger partial charge in [0.15, 0.2) is 5.70 Å². The molecule has 1 aromatic rings. The van der Waals surface area contributed by atoms with Gasteiger partial charge in [0.25, 0.3) is 5.69 Å². The number of amides is 3. The lowest BCUT2D eigenvalue weighted by Crippen LogP contribution is -2.65. The lowest BCUT2D eigenvalue weighted by Gasteiger charge is -2.57. The number of likely N-dealkylation sites (N-methyl/N-ethyl adjacent to an activating group) is 1. The highest BCUT2D eigenvalue weighted by atomic mass is 32.2. The third-order valence-corrected chi connectivity index (χ3v) is 15.8. The Balaban J connectivity index is 1.52. The number of likely N-dealkylation sites (tertiary alicyclic amines) is 1. The fourth-order valence-corrected chi connectivity index (χ4v) is 12.6. The molecule has 1 unspecified atom stereocenters. The van der Waals surface area contributed by atoms with Gasteiger partial charge >= 0.3 is 12.1 Å². The van der Waals surface area contributed by atoms with E-state index in [9.17, 15) is 34.4 Å². The van der Waals surface area contributed by atoms with E-state index in [-0.39, 0.29) is 69.8 Å². The Morgan fingerprint density at radius 1 is 1.18 bits per heavy atom. The summed E-state index contributed by atoms with van der Waals surface area (Å²) in [7, 11) is 1.81. The van der Waals surface area contributed by atoms with Crippen LogP contribution in [0.1, 0.15) is 39.7 Å². The second-order valence-corrected chi connectivity index (χ2v) is 19.4. The van der Waals surface area contributed by atoms with Crippen molar-refractivity contribution >= 4 is 61.9 Å². The Hall–Kier alpha value is -3.04. The molecule has 1 N–H and O–H groups in total. The Morgan fingerprint density at radius 3 is 2.30 bits per heavy atom. The van der Waals surface area contributed by atoms with E-state index < -0.39 is 31.8 Å². The lowest BCUT2D eigenvalue weighted by molar-refractivity contribution is -0.384. The Bertz CT molecular complexity index is 1400. The van der Waals surface area contributed by atoms with Crippen LogP contribution in [0.25, 0.3) is 0 Å². The number of rotatable bonds is 9. The maximum absolute atomic E-state index is 13.6. The second kappa shape index (κ2) is 12.4. The van der Waals surface area contributed by atoms with Crippen LogP contribution in [0.3, 0.4) is 0 Å². The first-order chi connectivity index (χ1) is 20.4. The number of carboxylic acid groups (broad SMARTS) is 1. The standard InChI is InChI=1S/C29H40N4O8S2Si/c1-28(2,3)29(4,44(7)8)20-23(35)32-21(25(36)37)26(43-24(20)32)42-18-13-19(22(34)30(5)6)31(14-18)27(38)41-15-16-9-11-17(12-10-16)33(39)40/h9-12,18-20,24,44H,13-15H2,1-8H3,(H,36,37)/t18-,19-,20+,24+,29?/m0/s1. The normalized spacial score (nSPS) is 24.6. The molecular weight excluding hydrogens is 625 g/mol. The molecule has 3 amide bonds. The fraction of sp³-hybridized carbons (Fsp3) is 0.586. The lowest BCUT2D eigenvalue weighted by atomic mass is 9.69. The number of β-lactam (4-membered cyclic amide) rings is 1. The first-order valence-corrected chi connectivity index (χ1v) is 19.1. The number of thioether (sulfide) groups is 2. The summed E-state index contributed by atoms with van der Waals surface area (Å²) in [6.07, 6.45) is -0.425. The minimum Gasteiger partial charge on any atom is -0.477 e. The zero-order valence-electron chi connectivity index (χ0n) is 26.2. The van der Waals surface area contributed by atoms with Crippen LogP contribution in [0.15, 0.2) is 34.2 Å². The number of hydrogen-bond donors (Lipinski definition) is 1. The number of nitro benzene ring substituents is 1. The van der Waals surface area contributed by atoms with Gasteiger partial charge in [-0.1, -0.05) is 52.6 Å². The van der Waals surface area contributed by atoms with Gasteiger partial charge in [0.1, 0.15) is 18.0 Å². The Morgan fingerprint density at radius 2 is 1.80 bits per heavy atom. The Labute approximate surface area is 267 Å². The second-order valence-electron chi connectivity index (χ2n) is 13.2. The topological polar surface area (TPSA) is 151 Å². The molecule has 3 aliphatic heterocycles. The van der Waals surface area contributed by atoms with E-state index in [4.69, 9.17) is 4.74 Å². The van der Waals surface area contributed by atoms with Crippen molar-refractivity contribution in [1.29, 1.82) is 0 Å². The molecular formula is C29H40N4O8S2Si. The maximum Gasteiger partial charge on any atom is 0.410 e. The number of carbonyl (C=O) groups excluding carboxylic acids is 3. The number of aliphatic carboxylic acids is 1. The molecule has 12 nitrogen and oxygen atoms in total. The highest BCUT2D eigenvalue weighted by molar-refractivity contribution is 8.23. The molecule has 3 heterocycles. The minimum absolute atomic E-state index is 0.0254. The highest BCUT2D eigenvalue weighted by Gasteiger charge is 2.65. The van der Waals surface area contributed by atoms with Crippen LogP contribution in [0, 0.1) is 21.4 Å². The number of fused-ring (bicyclic) bond motifs is 1. The fourth-order valence-electron chi connectivity index (χ4n) is 6.31. The van der Waals surface area contributed by atoms with E-state index in [1.165, 1.54) is 62.5 Å². The third kappa shape index (κ3) is 5.97. The number of hydrogen-bond acceptors (Lipinski definition) is 9. The van der Waals surface area contributed by atoms with Crippen molar-refractivity contribution in [2.75, 3.05) is 20.6 Å². The molecule has 15 heteroatoms. The van der Waals surface area contributed by atoms with Crippen LogP contribution >= 0.6 is 23.5 Å². The average Bonchev–Trinajstić information content (AvgIpc) is 3.50. The summed E-state index contributed by atoms with van der Waals surface area (Å²) in [5.41, 5.74) is 0.296. The van der Waals surface area contributed by atoms with Gasteiger partial charge in [-0.25, -0.2) is 9.59 Å². The monoisotopic (exact) mass is 664 g/mol. The van der Waals surface area contributed by atoms with E-state index in [0.717, 1.165) is 0 Å². The van der Waals surface area contributed by atoms with Crippen molar-refractivity contribution in [3.63, 3.8) is 0 Å². The zero-order valence-corrected chi connectivity index (χ0v) is 29.0. The van der Waals surface area contributed by atoms with Crippen molar-refractivity contribution in [3.05, 3.63) is 49.9 Å². The number of non-ortho nitro benzene ring substituents is 1. The zero-order chi connectivity index (χ0) is 32.9. The molecule has 2 fully saturated rings. The summed E-state index contributed by atoms with van der Waals surface area (Å²) < 4.78 is 6.01. The van der Waals surface area contributed by atoms with Crippen LogP contribution in [0.5, 0.6) is 0 Å². The number of nitrogens with zero attached hydrogens (tertiary/aromatic N) is 4. The van der Waals surface area contributed by atoms with Gasteiger partial charge in [-0.15, -0.1) is 11.8 Å². The molecule has 4 rings (SSSR count). The van der Waals surface area contributed by atoms with Gasteiger partial charge in [0.2, 0.25) is 11.8 Å². The molecule has 44 heavy (non-hydrogen) atoms. The van der Waals surface area contributed by atoms with Gasteiger partial charge in [-0.2, -0.15) is 0 Å². The van der Waals surface area contributed by atoms with Crippen LogP contribution in [-0.4, -0.2) is 94.7 Å². The molecule has 240 valence electrons. The number of carbonyl (C=O) groups is 4. The maximum atomic E-state index is 13.6. The molecule has 5 atom stereocenters. The number of nitro groups is 1. The third-order valence-electron chi connectivity index (χ3n) is 9.38. The molecule has 1 aromatic carbocycles. The largest absolute Gasteiger partial charge is 0.477 e. The van der Waals surface area contributed by atoms with E-state index in [0.29, 0.717) is 9.80 Å². The SMILES string of the molecule is CN(C)C(=O)[C@@H]1C[C@H](SC2=C(C(=O)O)N3C(=O)[C@@H](C(C)([SiH](C)C)C(C)(C)C)[C@H]3S2)CN1C(=O)OCc1ccc([N+](=O)[O-])cc1. The van der Waals surface area contributed by atoms with Crippen LogP contribution in [-0.2, 0) is 25.7 Å². The van der Waals surface area contributed by atoms with E-state index in [1.54, 1.807) is 14.1 Å². The molecule has 3 aliphatic rings. The number of carboxylic acids is 1. The molecule has 0 aliphatic carbocycles. The molecule has 0 radical (unpaired) electrons. The first-order valence-electron chi connectivity index (χ1n) is 14.4. The van der Waals surface area contributed by atoms with Crippen molar-refractivity contribution in [3.8, 4) is 0 Å². The van der Waals surface area contributed by atoms with E-state index in [1.807, 2.05) is 0 Å². The molecule has 0 spiro atoms. The molecule has 0 saturated carbocycles. The summed E-state index contributed by atoms with van der Waals surface area (Å²) in [5.74, 6) is -1.91. The van der Waals surface area contributed by atoms with Crippen LogP contribution in [0.4, 0.5) is 10.5 Å². The highest BCUT2D eigenvalue weighted by Crippen LogP contribution is 2.65. The molecule has 0 aromatic heterocycles. The van der Waals surface area contributed by atoms with Gasteiger partial charge in [-0.05, 0) is 34.6 Å². The van der Waals surface area contributed by atoms with Crippen molar-refractivity contribution in [2.45, 2.75) is 75.5 Å². The van der Waals surface area contributed by atoms with Gasteiger partial charge < -0.3 is 14.7 Å². The molecule has 2 saturated heterocycles. The van der Waals surface area contributed by atoms with Gasteiger partial charge in [-0.3, -0.25) is 29.5 Å². The number of benzene rings is 1. The minimum atomic E-state index is -1.39. The quantitative estimate of drug-likeness (QED) is 0.172. The predicted molar refractivity (Wildman–Crippen MR) is 172 cm³/mol. The van der Waals surface area contributed by atoms with Gasteiger partial charge in [0, 0.05) is 46.8 Å². The van der Waals surface area contributed by atoms with E-state index >= 15 is 0 Å². The summed E-state index contributed by atoms with van der Waals surface area (Å²) >= 11 is 2.70. The first kappa shape index (κ1) is 33.8. The summed E-state index contributed by atoms with van der Waals surface area (Å²) in [4.78, 5) is 67.0. The van der Waals surface area contributed by atoms with Gasteiger partial charge in [0.05, 0.1) is 15.1 Å². The smallest absolute Gasteiger partial charge is 0.410 e. The van der Waals surface area contributed by atoms with Crippen LogP contribution < -0.4 is 0 Å².